The number of para-hydroxylation sites is 1. The SMILES string of the molecule is COC(=O)[C@@H]1C[C@@]2(C)c3ccccc3N(C)[C@H]2N1C(C)=O. The maximum atomic E-state index is 12.1. The number of nitrogens with zero attached hydrogens (tertiary/aromatic N) is 2. The molecule has 0 bridgehead atoms. The molecule has 1 aromatic rings. The average molecular weight is 288 g/mol. The van der Waals surface area contributed by atoms with Crippen molar-refractivity contribution in [1.82, 2.24) is 4.90 Å². The number of esters is 1. The van der Waals surface area contributed by atoms with Crippen LogP contribution in [0, 0.1) is 0 Å². The molecule has 0 spiro atoms. The molecule has 21 heavy (non-hydrogen) atoms. The van der Waals surface area contributed by atoms with Crippen LogP contribution in [0.1, 0.15) is 25.8 Å². The quantitative estimate of drug-likeness (QED) is 0.735. The predicted octanol–water partition coefficient (Wildman–Crippen LogP) is 1.51. The summed E-state index contributed by atoms with van der Waals surface area (Å²) in [5.74, 6) is -0.439. The van der Waals surface area contributed by atoms with Gasteiger partial charge in [-0.25, -0.2) is 4.79 Å². The van der Waals surface area contributed by atoms with Crippen molar-refractivity contribution in [2.45, 2.75) is 37.9 Å². The second-order valence-electron chi connectivity index (χ2n) is 6.09. The van der Waals surface area contributed by atoms with E-state index in [1.165, 1.54) is 19.6 Å². The third-order valence-corrected chi connectivity index (χ3v) is 4.89. The van der Waals surface area contributed by atoms with Gasteiger partial charge in [-0.2, -0.15) is 0 Å². The molecule has 2 aliphatic heterocycles. The van der Waals surface area contributed by atoms with Crippen molar-refractivity contribution in [2.75, 3.05) is 19.1 Å². The Balaban J connectivity index is 2.12. The van der Waals surface area contributed by atoms with Gasteiger partial charge in [0.1, 0.15) is 12.2 Å². The van der Waals surface area contributed by atoms with Gasteiger partial charge in [0, 0.05) is 25.1 Å². The molecule has 0 N–H and O–H groups in total. The number of carbonyl (C=O) groups is 2. The molecule has 112 valence electrons. The first-order chi connectivity index (χ1) is 9.91. The van der Waals surface area contributed by atoms with E-state index in [0.717, 1.165) is 5.69 Å². The molecule has 1 saturated heterocycles. The van der Waals surface area contributed by atoms with E-state index >= 15 is 0 Å². The number of amides is 1. The van der Waals surface area contributed by atoms with Crippen molar-refractivity contribution >= 4 is 17.6 Å². The summed E-state index contributed by atoms with van der Waals surface area (Å²) in [6.45, 7) is 3.64. The maximum absolute atomic E-state index is 12.1. The van der Waals surface area contributed by atoms with Crippen LogP contribution in [0.15, 0.2) is 24.3 Å². The number of anilines is 1. The highest BCUT2D eigenvalue weighted by molar-refractivity contribution is 5.86. The molecule has 3 rings (SSSR count). The van der Waals surface area contributed by atoms with Crippen LogP contribution in [0.3, 0.4) is 0 Å². The fraction of sp³-hybridized carbons (Fsp3) is 0.500. The van der Waals surface area contributed by atoms with Gasteiger partial charge in [-0.3, -0.25) is 4.79 Å². The zero-order valence-corrected chi connectivity index (χ0v) is 12.8. The number of methoxy groups -OCH3 is 1. The minimum atomic E-state index is -0.515. The van der Waals surface area contributed by atoms with Crippen LogP contribution in [-0.4, -0.2) is 43.1 Å². The zero-order valence-electron chi connectivity index (χ0n) is 12.8. The minimum absolute atomic E-state index is 0.0984. The molecule has 0 aromatic heterocycles. The number of fused-ring (bicyclic) bond motifs is 3. The van der Waals surface area contributed by atoms with E-state index in [-0.39, 0.29) is 23.5 Å². The number of ether oxygens (including phenoxy) is 1. The summed E-state index contributed by atoms with van der Waals surface area (Å²) < 4.78 is 4.90. The topological polar surface area (TPSA) is 49.9 Å². The van der Waals surface area contributed by atoms with Crippen LogP contribution in [0.5, 0.6) is 0 Å². The van der Waals surface area contributed by atoms with Crippen LogP contribution >= 0.6 is 0 Å². The van der Waals surface area contributed by atoms with E-state index < -0.39 is 6.04 Å². The van der Waals surface area contributed by atoms with Crippen LogP contribution in [0.25, 0.3) is 0 Å². The Hall–Kier alpha value is -2.04. The smallest absolute Gasteiger partial charge is 0.328 e. The number of carbonyl (C=O) groups excluding carboxylic acids is 2. The lowest BCUT2D eigenvalue weighted by Gasteiger charge is -2.35. The monoisotopic (exact) mass is 288 g/mol. The Kier molecular flexibility index (Phi) is 2.97. The van der Waals surface area contributed by atoms with E-state index in [9.17, 15) is 9.59 Å². The van der Waals surface area contributed by atoms with Gasteiger partial charge in [-0.15, -0.1) is 0 Å². The Morgan fingerprint density at radius 2 is 2.00 bits per heavy atom. The maximum Gasteiger partial charge on any atom is 0.328 e. The number of hydrogen-bond acceptors (Lipinski definition) is 4. The van der Waals surface area contributed by atoms with E-state index in [4.69, 9.17) is 4.74 Å². The van der Waals surface area contributed by atoms with E-state index in [1.54, 1.807) is 4.90 Å². The molecule has 0 radical (unpaired) electrons. The summed E-state index contributed by atoms with van der Waals surface area (Å²) >= 11 is 0. The van der Waals surface area contributed by atoms with E-state index in [2.05, 4.69) is 24.0 Å². The van der Waals surface area contributed by atoms with Crippen LogP contribution in [0.4, 0.5) is 5.69 Å². The number of hydrogen-bond donors (Lipinski definition) is 0. The molecule has 5 heteroatoms. The molecule has 3 atom stereocenters. The van der Waals surface area contributed by atoms with Gasteiger partial charge in [-0.1, -0.05) is 25.1 Å². The second kappa shape index (κ2) is 4.48. The van der Waals surface area contributed by atoms with Crippen molar-refractivity contribution < 1.29 is 14.3 Å². The highest BCUT2D eigenvalue weighted by atomic mass is 16.5. The lowest BCUT2D eigenvalue weighted by atomic mass is 9.80. The summed E-state index contributed by atoms with van der Waals surface area (Å²) in [4.78, 5) is 28.0. The van der Waals surface area contributed by atoms with E-state index in [1.807, 2.05) is 19.2 Å². The average Bonchev–Trinajstić information content (AvgIpc) is 2.90. The first-order valence-electron chi connectivity index (χ1n) is 7.11. The van der Waals surface area contributed by atoms with Crippen molar-refractivity contribution in [3.8, 4) is 0 Å². The van der Waals surface area contributed by atoms with Gasteiger partial charge < -0.3 is 14.5 Å². The molecule has 1 amide bonds. The summed E-state index contributed by atoms with van der Waals surface area (Å²) in [6, 6.07) is 7.63. The molecule has 0 saturated carbocycles. The van der Waals surface area contributed by atoms with Gasteiger partial charge in [0.2, 0.25) is 5.91 Å². The van der Waals surface area contributed by atoms with Gasteiger partial charge >= 0.3 is 5.97 Å². The van der Waals surface area contributed by atoms with Gasteiger partial charge in [0.15, 0.2) is 0 Å². The summed E-state index contributed by atoms with van der Waals surface area (Å²) in [6.07, 6.45) is 0.446. The highest BCUT2D eigenvalue weighted by Crippen LogP contribution is 2.53. The standard InChI is InChI=1S/C16H20N2O3/c1-10(19)18-13(14(20)21-4)9-16(2)11-7-5-6-8-12(11)17(3)15(16)18/h5-8,13,15H,9H2,1-4H3/t13-,15-,16-/m0/s1. The Bertz CT molecular complexity index is 615. The van der Waals surface area contributed by atoms with Crippen molar-refractivity contribution in [2.24, 2.45) is 0 Å². The second-order valence-corrected chi connectivity index (χ2v) is 6.09. The molecule has 0 aliphatic carbocycles. The lowest BCUT2D eigenvalue weighted by Crippen LogP contribution is -2.52. The first kappa shape index (κ1) is 13.9. The normalized spacial score (nSPS) is 30.1. The zero-order chi connectivity index (χ0) is 15.4. The lowest BCUT2D eigenvalue weighted by molar-refractivity contribution is -0.151. The highest BCUT2D eigenvalue weighted by Gasteiger charge is 2.59. The molecular formula is C16H20N2O3. The van der Waals surface area contributed by atoms with Gasteiger partial charge in [0.25, 0.3) is 0 Å². The number of likely N-dealkylation sites (tertiary alicyclic amines) is 1. The number of likely N-dealkylation sites (N-methyl/N-ethyl adjacent to an activating group) is 1. The fourth-order valence-corrected chi connectivity index (χ4v) is 4.07. The summed E-state index contributed by atoms with van der Waals surface area (Å²) in [5.41, 5.74) is 2.06. The third-order valence-electron chi connectivity index (χ3n) is 4.89. The summed E-state index contributed by atoms with van der Waals surface area (Å²) in [5, 5.41) is 0. The van der Waals surface area contributed by atoms with E-state index in [0.29, 0.717) is 6.42 Å². The van der Waals surface area contributed by atoms with Crippen LogP contribution in [-0.2, 0) is 19.7 Å². The Labute approximate surface area is 124 Å². The molecule has 5 nitrogen and oxygen atoms in total. The predicted molar refractivity (Wildman–Crippen MR) is 78.9 cm³/mol. The third kappa shape index (κ3) is 1.69. The Morgan fingerprint density at radius 1 is 1.33 bits per heavy atom. The van der Waals surface area contributed by atoms with Crippen molar-refractivity contribution in [1.29, 1.82) is 0 Å². The number of benzene rings is 1. The molecule has 1 fully saturated rings. The largest absolute Gasteiger partial charge is 0.467 e. The summed E-state index contributed by atoms with van der Waals surface area (Å²) in [7, 11) is 3.35. The van der Waals surface area contributed by atoms with Crippen molar-refractivity contribution in [3.05, 3.63) is 29.8 Å². The fourth-order valence-electron chi connectivity index (χ4n) is 4.07. The molecule has 2 aliphatic rings. The minimum Gasteiger partial charge on any atom is -0.467 e. The molecule has 0 unspecified atom stereocenters. The number of rotatable bonds is 1. The van der Waals surface area contributed by atoms with Gasteiger partial charge in [0.05, 0.1) is 7.11 Å². The van der Waals surface area contributed by atoms with Crippen LogP contribution in [0.2, 0.25) is 0 Å². The molecule has 1 aromatic carbocycles. The first-order valence-corrected chi connectivity index (χ1v) is 7.11. The molecule has 2 heterocycles. The van der Waals surface area contributed by atoms with Gasteiger partial charge in [-0.05, 0) is 18.1 Å². The van der Waals surface area contributed by atoms with Crippen LogP contribution < -0.4 is 4.90 Å². The Morgan fingerprint density at radius 3 is 2.62 bits per heavy atom. The molecular weight excluding hydrogens is 268 g/mol. The van der Waals surface area contributed by atoms with Crippen molar-refractivity contribution in [3.63, 3.8) is 0 Å².